The number of carbonyl (C=O) groups excluding carboxylic acids is 1. The fraction of sp³-hybridized carbons (Fsp3) is 0.261. The van der Waals surface area contributed by atoms with Crippen molar-refractivity contribution in [1.82, 2.24) is 9.78 Å². The van der Waals surface area contributed by atoms with Gasteiger partial charge in [-0.15, -0.1) is 0 Å². The molecule has 1 heterocycles. The normalized spacial score (nSPS) is 11.8. The van der Waals surface area contributed by atoms with E-state index in [4.69, 9.17) is 4.74 Å². The fourth-order valence-corrected chi connectivity index (χ4v) is 2.87. The molecule has 0 aliphatic carbocycles. The van der Waals surface area contributed by atoms with Crippen LogP contribution in [0, 0.1) is 5.82 Å². The van der Waals surface area contributed by atoms with E-state index < -0.39 is 6.10 Å². The molecule has 0 saturated carbocycles. The minimum absolute atomic E-state index is 0.0122. The molecule has 1 aromatic heterocycles. The van der Waals surface area contributed by atoms with Gasteiger partial charge >= 0.3 is 0 Å². The summed E-state index contributed by atoms with van der Waals surface area (Å²) in [7, 11) is 0. The molecule has 0 radical (unpaired) electrons. The zero-order chi connectivity index (χ0) is 21.5. The van der Waals surface area contributed by atoms with Gasteiger partial charge in [-0.3, -0.25) is 4.79 Å². The van der Waals surface area contributed by atoms with E-state index in [0.717, 1.165) is 10.2 Å². The number of aromatic nitrogens is 2. The molecular weight excluding hydrogens is 387 g/mol. The van der Waals surface area contributed by atoms with Crippen LogP contribution in [0.25, 0.3) is 11.3 Å². The maximum Gasteiger partial charge on any atom is 0.266 e. The number of carbonyl (C=O) groups is 1. The van der Waals surface area contributed by atoms with Crippen molar-refractivity contribution in [2.24, 2.45) is 0 Å². The minimum Gasteiger partial charge on any atom is -0.491 e. The zero-order valence-electron chi connectivity index (χ0n) is 16.6. The first-order chi connectivity index (χ1) is 14.4. The van der Waals surface area contributed by atoms with Crippen molar-refractivity contribution in [3.63, 3.8) is 0 Å². The van der Waals surface area contributed by atoms with Crippen LogP contribution < -0.4 is 10.3 Å². The summed E-state index contributed by atoms with van der Waals surface area (Å²) in [5.74, 6) is 0.373. The van der Waals surface area contributed by atoms with Crippen LogP contribution in [0.2, 0.25) is 0 Å². The molecular formula is C23H23FN2O4. The molecule has 6 nitrogen and oxygen atoms in total. The van der Waals surface area contributed by atoms with E-state index in [0.29, 0.717) is 29.8 Å². The first-order valence-electron chi connectivity index (χ1n) is 9.64. The lowest BCUT2D eigenvalue weighted by molar-refractivity contribution is -0.116. The fourth-order valence-electron chi connectivity index (χ4n) is 2.87. The summed E-state index contributed by atoms with van der Waals surface area (Å²) in [5.41, 5.74) is 1.85. The van der Waals surface area contributed by atoms with E-state index in [9.17, 15) is 19.1 Å². The van der Waals surface area contributed by atoms with Gasteiger partial charge in [-0.25, -0.2) is 9.07 Å². The molecule has 0 spiro atoms. The number of ketones is 1. The van der Waals surface area contributed by atoms with Crippen LogP contribution in [0.15, 0.2) is 65.5 Å². The van der Waals surface area contributed by atoms with Gasteiger partial charge in [-0.2, -0.15) is 5.10 Å². The van der Waals surface area contributed by atoms with Crippen LogP contribution in [0.3, 0.4) is 0 Å². The van der Waals surface area contributed by atoms with Crippen LogP contribution in [0.1, 0.15) is 18.9 Å². The molecule has 30 heavy (non-hydrogen) atoms. The number of ether oxygens (including phenoxy) is 1. The third-order valence-corrected chi connectivity index (χ3v) is 4.52. The molecule has 0 saturated heterocycles. The first kappa shape index (κ1) is 21.4. The molecule has 0 amide bonds. The maximum atomic E-state index is 13.1. The van der Waals surface area contributed by atoms with E-state index in [2.05, 4.69) is 5.10 Å². The molecule has 0 aliphatic heterocycles. The maximum absolute atomic E-state index is 13.1. The van der Waals surface area contributed by atoms with E-state index in [1.807, 2.05) is 12.1 Å². The van der Waals surface area contributed by atoms with E-state index in [1.165, 1.54) is 18.2 Å². The van der Waals surface area contributed by atoms with Crippen molar-refractivity contribution in [3.05, 3.63) is 82.4 Å². The summed E-state index contributed by atoms with van der Waals surface area (Å²) in [4.78, 5) is 23.1. The Labute approximate surface area is 173 Å². The number of hydrogen-bond acceptors (Lipinski definition) is 5. The molecule has 2 aromatic carbocycles. The number of hydrogen-bond donors (Lipinski definition) is 1. The molecule has 0 aliphatic rings. The first-order valence-corrected chi connectivity index (χ1v) is 9.64. The Hall–Kier alpha value is -3.32. The van der Waals surface area contributed by atoms with Crippen molar-refractivity contribution in [3.8, 4) is 17.0 Å². The van der Waals surface area contributed by atoms with Gasteiger partial charge in [0, 0.05) is 18.1 Å². The third-order valence-electron chi connectivity index (χ3n) is 4.52. The number of Topliss-reactive ketones (excluding diaryl/α,β-unsaturated/α-hetero) is 1. The number of aryl methyl sites for hydroxylation is 1. The van der Waals surface area contributed by atoms with Gasteiger partial charge in [-0.05, 0) is 61.4 Å². The Kier molecular flexibility index (Phi) is 7.08. The topological polar surface area (TPSA) is 81.4 Å². The summed E-state index contributed by atoms with van der Waals surface area (Å²) < 4.78 is 19.8. The Balaban J connectivity index is 1.58. The van der Waals surface area contributed by atoms with Gasteiger partial charge < -0.3 is 14.6 Å². The number of aliphatic hydroxyl groups excluding tert-OH is 1. The zero-order valence-corrected chi connectivity index (χ0v) is 16.6. The molecule has 1 unspecified atom stereocenters. The average Bonchev–Trinajstić information content (AvgIpc) is 2.73. The Bertz CT molecular complexity index is 1050. The number of aliphatic hydroxyl groups is 1. The van der Waals surface area contributed by atoms with Gasteiger partial charge in [0.1, 0.15) is 30.1 Å². The summed E-state index contributed by atoms with van der Waals surface area (Å²) >= 11 is 0. The average molecular weight is 410 g/mol. The highest BCUT2D eigenvalue weighted by Gasteiger charge is 2.11. The standard InChI is InChI=1S/C23H23FN2O4/c1-16(27)2-3-17-4-10-21(11-5-17)30-15-20(28)14-26-23(29)13-12-22(25-26)18-6-8-19(24)9-7-18/h4-13,20,28H,2-3,14-15H2,1H3. The van der Waals surface area contributed by atoms with Crippen molar-refractivity contribution in [2.75, 3.05) is 6.61 Å². The monoisotopic (exact) mass is 410 g/mol. The van der Waals surface area contributed by atoms with Crippen molar-refractivity contribution >= 4 is 5.78 Å². The lowest BCUT2D eigenvalue weighted by Gasteiger charge is -2.14. The van der Waals surface area contributed by atoms with Gasteiger partial charge in [0.25, 0.3) is 5.56 Å². The molecule has 3 rings (SSSR count). The van der Waals surface area contributed by atoms with Crippen LogP contribution in [0.4, 0.5) is 4.39 Å². The Morgan fingerprint density at radius 1 is 1.10 bits per heavy atom. The summed E-state index contributed by atoms with van der Waals surface area (Å²) in [6, 6.07) is 16.0. The highest BCUT2D eigenvalue weighted by molar-refractivity contribution is 5.75. The number of nitrogens with zero attached hydrogens (tertiary/aromatic N) is 2. The third kappa shape index (κ3) is 6.09. The predicted molar refractivity (Wildman–Crippen MR) is 111 cm³/mol. The Morgan fingerprint density at radius 2 is 1.80 bits per heavy atom. The van der Waals surface area contributed by atoms with Crippen molar-refractivity contribution in [1.29, 1.82) is 0 Å². The summed E-state index contributed by atoms with van der Waals surface area (Å²) in [6.07, 6.45) is 0.227. The van der Waals surface area contributed by atoms with Gasteiger partial charge in [0.15, 0.2) is 0 Å². The van der Waals surface area contributed by atoms with Gasteiger partial charge in [-0.1, -0.05) is 12.1 Å². The lowest BCUT2D eigenvalue weighted by atomic mass is 10.1. The molecule has 3 aromatic rings. The van der Waals surface area contributed by atoms with Crippen molar-refractivity contribution in [2.45, 2.75) is 32.4 Å². The highest BCUT2D eigenvalue weighted by Crippen LogP contribution is 2.16. The van der Waals surface area contributed by atoms with Crippen molar-refractivity contribution < 1.29 is 19.0 Å². The molecule has 7 heteroatoms. The smallest absolute Gasteiger partial charge is 0.266 e. The lowest BCUT2D eigenvalue weighted by Crippen LogP contribution is -2.31. The van der Waals surface area contributed by atoms with Crippen LogP contribution in [0.5, 0.6) is 5.75 Å². The number of benzene rings is 2. The second-order valence-electron chi connectivity index (χ2n) is 7.06. The largest absolute Gasteiger partial charge is 0.491 e. The predicted octanol–water partition coefficient (Wildman–Crippen LogP) is 3.01. The number of rotatable bonds is 9. The van der Waals surface area contributed by atoms with E-state index >= 15 is 0 Å². The highest BCUT2D eigenvalue weighted by atomic mass is 19.1. The molecule has 1 N–H and O–H groups in total. The quantitative estimate of drug-likeness (QED) is 0.587. The number of halogens is 1. The second kappa shape index (κ2) is 9.93. The minimum atomic E-state index is -0.948. The van der Waals surface area contributed by atoms with E-state index in [1.54, 1.807) is 37.3 Å². The van der Waals surface area contributed by atoms with Gasteiger partial charge in [0.05, 0.1) is 12.2 Å². The second-order valence-corrected chi connectivity index (χ2v) is 7.06. The van der Waals surface area contributed by atoms with Crippen LogP contribution in [-0.2, 0) is 17.8 Å². The van der Waals surface area contributed by atoms with Gasteiger partial charge in [0.2, 0.25) is 0 Å². The van der Waals surface area contributed by atoms with E-state index in [-0.39, 0.29) is 30.3 Å². The molecule has 0 bridgehead atoms. The molecule has 1 atom stereocenters. The van der Waals surface area contributed by atoms with Crippen LogP contribution >= 0.6 is 0 Å². The molecule has 0 fully saturated rings. The SMILES string of the molecule is CC(=O)CCc1ccc(OCC(O)Cn2nc(-c3ccc(F)cc3)ccc2=O)cc1. The van der Waals surface area contributed by atoms with Crippen LogP contribution in [-0.4, -0.2) is 33.4 Å². The summed E-state index contributed by atoms with van der Waals surface area (Å²) in [6.45, 7) is 1.51. The molecule has 156 valence electrons. The Morgan fingerprint density at radius 3 is 2.47 bits per heavy atom. The summed E-state index contributed by atoms with van der Waals surface area (Å²) in [5, 5.41) is 14.5.